The lowest BCUT2D eigenvalue weighted by Crippen LogP contribution is -2.12. The van der Waals surface area contributed by atoms with Crippen LogP contribution in [0.2, 0.25) is 0 Å². The molecule has 7 heteroatoms. The lowest BCUT2D eigenvalue weighted by atomic mass is 10.1. The minimum Gasteiger partial charge on any atom is -0.326 e. The number of hydrogen-bond donors (Lipinski definition) is 2. The Hall–Kier alpha value is -3.71. The SMILES string of the molecule is CC(=O)c1ccc(NC(=O)CCSc2ccc3c(/C=C/c4ccccn4)n[nH]c3c2)cc1. The van der Waals surface area contributed by atoms with E-state index in [1.807, 2.05) is 48.6 Å². The van der Waals surface area contributed by atoms with Gasteiger partial charge < -0.3 is 5.32 Å². The molecule has 1 amide bonds. The van der Waals surface area contributed by atoms with Gasteiger partial charge in [-0.15, -0.1) is 11.8 Å². The van der Waals surface area contributed by atoms with E-state index in [-0.39, 0.29) is 11.7 Å². The minimum absolute atomic E-state index is 0.00450. The monoisotopic (exact) mass is 442 g/mol. The Morgan fingerprint density at radius 2 is 1.91 bits per heavy atom. The zero-order valence-electron chi connectivity index (χ0n) is 17.5. The molecular weight excluding hydrogens is 420 g/mol. The number of pyridine rings is 1. The summed E-state index contributed by atoms with van der Waals surface area (Å²) in [7, 11) is 0. The lowest BCUT2D eigenvalue weighted by molar-refractivity contribution is -0.115. The highest BCUT2D eigenvalue weighted by Crippen LogP contribution is 2.25. The lowest BCUT2D eigenvalue weighted by Gasteiger charge is -2.06. The van der Waals surface area contributed by atoms with Crippen molar-refractivity contribution < 1.29 is 9.59 Å². The van der Waals surface area contributed by atoms with E-state index >= 15 is 0 Å². The molecule has 0 radical (unpaired) electrons. The van der Waals surface area contributed by atoms with Crippen molar-refractivity contribution in [3.63, 3.8) is 0 Å². The van der Waals surface area contributed by atoms with Crippen molar-refractivity contribution in [1.29, 1.82) is 0 Å². The molecule has 0 saturated carbocycles. The number of H-pyrrole nitrogens is 1. The summed E-state index contributed by atoms with van der Waals surface area (Å²) in [4.78, 5) is 28.9. The summed E-state index contributed by atoms with van der Waals surface area (Å²) >= 11 is 1.62. The van der Waals surface area contributed by atoms with E-state index in [4.69, 9.17) is 0 Å². The van der Waals surface area contributed by atoms with E-state index in [1.54, 1.807) is 42.2 Å². The number of aromatic nitrogens is 3. The largest absolute Gasteiger partial charge is 0.326 e. The Labute approximate surface area is 190 Å². The first-order valence-corrected chi connectivity index (χ1v) is 11.2. The molecule has 0 aliphatic heterocycles. The van der Waals surface area contributed by atoms with E-state index in [9.17, 15) is 9.59 Å². The summed E-state index contributed by atoms with van der Waals surface area (Å²) in [5.41, 5.74) is 4.00. The van der Waals surface area contributed by atoms with Crippen molar-refractivity contribution in [3.05, 3.63) is 83.8 Å². The molecule has 32 heavy (non-hydrogen) atoms. The molecule has 4 aromatic rings. The van der Waals surface area contributed by atoms with E-state index in [1.165, 1.54) is 6.92 Å². The van der Waals surface area contributed by atoms with Gasteiger partial charge in [0.05, 0.1) is 16.9 Å². The number of thioether (sulfide) groups is 1. The molecule has 0 spiro atoms. The molecule has 0 aliphatic rings. The second kappa shape index (κ2) is 10.1. The molecule has 0 fully saturated rings. The maximum atomic E-state index is 12.2. The first-order chi connectivity index (χ1) is 15.6. The van der Waals surface area contributed by atoms with Crippen LogP contribution in [0.3, 0.4) is 0 Å². The number of nitrogens with zero attached hydrogens (tertiary/aromatic N) is 2. The van der Waals surface area contributed by atoms with Crippen molar-refractivity contribution in [2.75, 3.05) is 11.1 Å². The van der Waals surface area contributed by atoms with Crippen LogP contribution in [0.25, 0.3) is 23.1 Å². The number of carbonyl (C=O) groups excluding carboxylic acids is 2. The van der Waals surface area contributed by atoms with Gasteiger partial charge in [0.15, 0.2) is 5.78 Å². The summed E-state index contributed by atoms with van der Waals surface area (Å²) in [6.45, 7) is 1.52. The van der Waals surface area contributed by atoms with Crippen LogP contribution in [-0.2, 0) is 4.79 Å². The predicted octanol–water partition coefficient (Wildman–Crippen LogP) is 5.45. The topological polar surface area (TPSA) is 87.7 Å². The van der Waals surface area contributed by atoms with E-state index in [0.29, 0.717) is 23.4 Å². The third-order valence-corrected chi connectivity index (χ3v) is 5.83. The van der Waals surface area contributed by atoms with Gasteiger partial charge >= 0.3 is 0 Å². The van der Waals surface area contributed by atoms with Crippen LogP contribution in [0.4, 0.5) is 5.69 Å². The molecule has 0 bridgehead atoms. The van der Waals surface area contributed by atoms with Crippen LogP contribution < -0.4 is 5.32 Å². The zero-order chi connectivity index (χ0) is 22.3. The van der Waals surface area contributed by atoms with Crippen molar-refractivity contribution in [1.82, 2.24) is 15.2 Å². The average molecular weight is 443 g/mol. The standard InChI is InChI=1S/C25H22N4O2S/c1-17(30)18-5-7-20(8-6-18)27-25(31)13-15-32-21-10-11-22-23(28-29-24(22)16-21)12-9-19-4-2-3-14-26-19/h2-12,14,16H,13,15H2,1H3,(H,27,31)(H,28,29)/b12-9+. The predicted molar refractivity (Wildman–Crippen MR) is 130 cm³/mol. The quantitative estimate of drug-likeness (QED) is 0.280. The normalized spacial score (nSPS) is 11.2. The van der Waals surface area contributed by atoms with Crippen LogP contribution in [0.5, 0.6) is 0 Å². The van der Waals surface area contributed by atoms with Gasteiger partial charge in [-0.1, -0.05) is 6.07 Å². The number of carbonyl (C=O) groups is 2. The number of hydrogen-bond acceptors (Lipinski definition) is 5. The number of anilines is 1. The van der Waals surface area contributed by atoms with E-state index in [0.717, 1.165) is 27.2 Å². The number of Topliss-reactive ketones (excluding diaryl/α,β-unsaturated/α-hetero) is 1. The highest BCUT2D eigenvalue weighted by atomic mass is 32.2. The van der Waals surface area contributed by atoms with Crippen LogP contribution in [0.15, 0.2) is 71.8 Å². The zero-order valence-corrected chi connectivity index (χ0v) is 18.4. The van der Waals surface area contributed by atoms with Crippen LogP contribution in [0.1, 0.15) is 35.1 Å². The van der Waals surface area contributed by atoms with Gasteiger partial charge in [0, 0.05) is 39.9 Å². The molecule has 2 aromatic carbocycles. The van der Waals surface area contributed by atoms with Gasteiger partial charge in [0.25, 0.3) is 0 Å². The Morgan fingerprint density at radius 3 is 2.66 bits per heavy atom. The fourth-order valence-electron chi connectivity index (χ4n) is 3.15. The average Bonchev–Trinajstić information content (AvgIpc) is 3.21. The van der Waals surface area contributed by atoms with Crippen LogP contribution in [0, 0.1) is 0 Å². The fourth-order valence-corrected chi connectivity index (χ4v) is 4.04. The third kappa shape index (κ3) is 5.50. The maximum absolute atomic E-state index is 12.2. The number of nitrogens with one attached hydrogen (secondary N) is 2. The summed E-state index contributed by atoms with van der Waals surface area (Å²) in [6, 6.07) is 18.8. The smallest absolute Gasteiger partial charge is 0.225 e. The van der Waals surface area contributed by atoms with Crippen molar-refractivity contribution in [2.45, 2.75) is 18.2 Å². The highest BCUT2D eigenvalue weighted by Gasteiger charge is 2.07. The Balaban J connectivity index is 1.31. The van der Waals surface area contributed by atoms with Crippen LogP contribution in [-0.4, -0.2) is 32.6 Å². The highest BCUT2D eigenvalue weighted by molar-refractivity contribution is 7.99. The van der Waals surface area contributed by atoms with Crippen molar-refractivity contribution in [3.8, 4) is 0 Å². The van der Waals surface area contributed by atoms with Gasteiger partial charge in [0.1, 0.15) is 0 Å². The summed E-state index contributed by atoms with van der Waals surface area (Å²) < 4.78 is 0. The molecule has 2 aromatic heterocycles. The summed E-state index contributed by atoms with van der Waals surface area (Å²) in [6.07, 6.45) is 6.03. The molecule has 2 heterocycles. The van der Waals surface area contributed by atoms with Gasteiger partial charge in [-0.3, -0.25) is 19.7 Å². The Bertz CT molecular complexity index is 1260. The number of ketones is 1. The Kier molecular flexibility index (Phi) is 6.77. The maximum Gasteiger partial charge on any atom is 0.225 e. The molecule has 0 saturated heterocycles. The number of benzene rings is 2. The fraction of sp³-hybridized carbons (Fsp3) is 0.120. The first kappa shape index (κ1) is 21.5. The van der Waals surface area contributed by atoms with Gasteiger partial charge in [-0.2, -0.15) is 5.10 Å². The molecule has 6 nitrogen and oxygen atoms in total. The molecular formula is C25H22N4O2S. The van der Waals surface area contributed by atoms with Crippen molar-refractivity contribution in [2.24, 2.45) is 0 Å². The molecule has 4 rings (SSSR count). The molecule has 0 aliphatic carbocycles. The minimum atomic E-state index is -0.0577. The van der Waals surface area contributed by atoms with Crippen LogP contribution >= 0.6 is 11.8 Å². The Morgan fingerprint density at radius 1 is 1.06 bits per heavy atom. The molecule has 0 atom stereocenters. The second-order valence-electron chi connectivity index (χ2n) is 7.18. The number of amides is 1. The van der Waals surface area contributed by atoms with Gasteiger partial charge in [-0.05, 0) is 73.7 Å². The number of rotatable bonds is 8. The summed E-state index contributed by atoms with van der Waals surface area (Å²) in [5.74, 6) is 0.603. The van der Waals surface area contributed by atoms with E-state index < -0.39 is 0 Å². The molecule has 2 N–H and O–H groups in total. The number of aromatic amines is 1. The first-order valence-electron chi connectivity index (χ1n) is 10.2. The van der Waals surface area contributed by atoms with Crippen molar-refractivity contribution >= 4 is 52.2 Å². The van der Waals surface area contributed by atoms with Gasteiger partial charge in [-0.25, -0.2) is 0 Å². The molecule has 160 valence electrons. The molecule has 0 unspecified atom stereocenters. The van der Waals surface area contributed by atoms with E-state index in [2.05, 4.69) is 20.5 Å². The second-order valence-corrected chi connectivity index (χ2v) is 8.35. The third-order valence-electron chi connectivity index (χ3n) is 4.84. The van der Waals surface area contributed by atoms with Gasteiger partial charge in [0.2, 0.25) is 5.91 Å². The number of fused-ring (bicyclic) bond motifs is 1. The summed E-state index contributed by atoms with van der Waals surface area (Å²) in [5, 5.41) is 11.4.